The Labute approximate surface area is 118 Å². The van der Waals surface area contributed by atoms with Crippen LogP contribution in [0.2, 0.25) is 0 Å². The van der Waals surface area contributed by atoms with Crippen molar-refractivity contribution in [1.82, 2.24) is 9.80 Å². The number of carbonyl (C=O) groups is 1. The molecule has 0 aliphatic heterocycles. The molecule has 0 aromatic carbocycles. The average molecular weight is 269 g/mol. The van der Waals surface area contributed by atoms with Gasteiger partial charge >= 0.3 is 0 Å². The summed E-state index contributed by atoms with van der Waals surface area (Å²) in [5, 5.41) is 0. The van der Waals surface area contributed by atoms with E-state index in [0.29, 0.717) is 5.92 Å². The van der Waals surface area contributed by atoms with Gasteiger partial charge in [-0.15, -0.1) is 0 Å². The fraction of sp³-hybridized carbons (Fsp3) is 0.933. The Hall–Kier alpha value is -0.610. The normalized spacial score (nSPS) is 27.6. The average Bonchev–Trinajstić information content (AvgIpc) is 2.33. The van der Waals surface area contributed by atoms with Gasteiger partial charge in [-0.25, -0.2) is 0 Å². The standard InChI is InChI=1S/C15H31N3O/c1-5-18(11-7-10-17(3)4)14(19)15(16)9-6-8-13(2)12-15/h13H,5-12,16H2,1-4H3. The predicted octanol–water partition coefficient (Wildman–Crippen LogP) is 1.69. The van der Waals surface area contributed by atoms with E-state index in [1.54, 1.807) is 0 Å². The number of nitrogens with zero attached hydrogens (tertiary/aromatic N) is 2. The van der Waals surface area contributed by atoms with Crippen LogP contribution in [0.25, 0.3) is 0 Å². The van der Waals surface area contributed by atoms with E-state index in [4.69, 9.17) is 5.73 Å². The summed E-state index contributed by atoms with van der Waals surface area (Å²) in [5.41, 5.74) is 5.79. The molecule has 2 unspecified atom stereocenters. The van der Waals surface area contributed by atoms with Crippen molar-refractivity contribution in [2.24, 2.45) is 11.7 Å². The molecule has 1 rings (SSSR count). The molecule has 4 nitrogen and oxygen atoms in total. The summed E-state index contributed by atoms with van der Waals surface area (Å²) >= 11 is 0. The smallest absolute Gasteiger partial charge is 0.242 e. The fourth-order valence-electron chi connectivity index (χ4n) is 3.08. The molecule has 1 saturated carbocycles. The summed E-state index contributed by atoms with van der Waals surface area (Å²) in [6.45, 7) is 6.84. The first-order valence-corrected chi connectivity index (χ1v) is 7.62. The molecule has 19 heavy (non-hydrogen) atoms. The maximum absolute atomic E-state index is 12.7. The molecule has 0 radical (unpaired) electrons. The molecular weight excluding hydrogens is 238 g/mol. The molecule has 0 spiro atoms. The van der Waals surface area contributed by atoms with E-state index >= 15 is 0 Å². The Morgan fingerprint density at radius 2 is 2.05 bits per heavy atom. The maximum Gasteiger partial charge on any atom is 0.242 e. The Morgan fingerprint density at radius 3 is 2.58 bits per heavy atom. The molecule has 0 aromatic heterocycles. The molecule has 0 heterocycles. The Balaban J connectivity index is 2.56. The lowest BCUT2D eigenvalue weighted by atomic mass is 9.76. The first kappa shape index (κ1) is 16.4. The van der Waals surface area contributed by atoms with Gasteiger partial charge in [0.1, 0.15) is 0 Å². The summed E-state index contributed by atoms with van der Waals surface area (Å²) in [7, 11) is 4.12. The van der Waals surface area contributed by atoms with Crippen LogP contribution in [0.15, 0.2) is 0 Å². The van der Waals surface area contributed by atoms with Crippen molar-refractivity contribution >= 4 is 5.91 Å². The van der Waals surface area contributed by atoms with Crippen LogP contribution in [0.5, 0.6) is 0 Å². The van der Waals surface area contributed by atoms with Crippen molar-refractivity contribution in [2.75, 3.05) is 33.7 Å². The fourth-order valence-corrected chi connectivity index (χ4v) is 3.08. The van der Waals surface area contributed by atoms with E-state index in [-0.39, 0.29) is 5.91 Å². The number of likely N-dealkylation sites (N-methyl/N-ethyl adjacent to an activating group) is 1. The van der Waals surface area contributed by atoms with Crippen LogP contribution in [-0.4, -0.2) is 55.0 Å². The van der Waals surface area contributed by atoms with Crippen molar-refractivity contribution in [1.29, 1.82) is 0 Å². The van der Waals surface area contributed by atoms with Gasteiger partial charge in [0.05, 0.1) is 5.54 Å². The summed E-state index contributed by atoms with van der Waals surface area (Å²) in [6, 6.07) is 0. The van der Waals surface area contributed by atoms with Crippen LogP contribution in [0, 0.1) is 5.92 Å². The maximum atomic E-state index is 12.7. The number of rotatable bonds is 6. The highest BCUT2D eigenvalue weighted by Gasteiger charge is 2.39. The van der Waals surface area contributed by atoms with Gasteiger partial charge in [-0.1, -0.05) is 19.8 Å². The highest BCUT2D eigenvalue weighted by atomic mass is 16.2. The zero-order valence-corrected chi connectivity index (χ0v) is 13.1. The highest BCUT2D eigenvalue weighted by Crippen LogP contribution is 2.31. The minimum absolute atomic E-state index is 0.167. The van der Waals surface area contributed by atoms with Crippen LogP contribution in [0.4, 0.5) is 0 Å². The van der Waals surface area contributed by atoms with E-state index in [2.05, 4.69) is 25.9 Å². The lowest BCUT2D eigenvalue weighted by molar-refractivity contribution is -0.138. The molecule has 112 valence electrons. The van der Waals surface area contributed by atoms with Gasteiger partial charge < -0.3 is 15.5 Å². The molecule has 1 amide bonds. The first-order chi connectivity index (χ1) is 8.89. The van der Waals surface area contributed by atoms with Crippen molar-refractivity contribution in [3.05, 3.63) is 0 Å². The van der Waals surface area contributed by atoms with Gasteiger partial charge in [-0.3, -0.25) is 4.79 Å². The molecule has 2 atom stereocenters. The number of hydrogen-bond donors (Lipinski definition) is 1. The van der Waals surface area contributed by atoms with Gasteiger partial charge in [0.25, 0.3) is 0 Å². The van der Waals surface area contributed by atoms with E-state index in [1.807, 2.05) is 11.8 Å². The van der Waals surface area contributed by atoms with Gasteiger partial charge in [0, 0.05) is 13.1 Å². The molecule has 1 aliphatic rings. The van der Waals surface area contributed by atoms with Crippen LogP contribution in [-0.2, 0) is 4.79 Å². The third-order valence-electron chi connectivity index (χ3n) is 4.16. The van der Waals surface area contributed by atoms with Gasteiger partial charge in [0.2, 0.25) is 5.91 Å². The van der Waals surface area contributed by atoms with Crippen LogP contribution >= 0.6 is 0 Å². The van der Waals surface area contributed by atoms with Crippen molar-refractivity contribution in [2.45, 2.75) is 51.5 Å². The third kappa shape index (κ3) is 4.77. The zero-order valence-electron chi connectivity index (χ0n) is 13.1. The van der Waals surface area contributed by atoms with E-state index in [9.17, 15) is 4.79 Å². The minimum atomic E-state index is -0.605. The van der Waals surface area contributed by atoms with Crippen LogP contribution in [0.1, 0.15) is 46.0 Å². The lowest BCUT2D eigenvalue weighted by Gasteiger charge is -2.39. The summed E-state index contributed by atoms with van der Waals surface area (Å²) in [6.07, 6.45) is 4.99. The lowest BCUT2D eigenvalue weighted by Crippen LogP contribution is -2.57. The molecular formula is C15H31N3O. The molecule has 0 bridgehead atoms. The highest BCUT2D eigenvalue weighted by molar-refractivity contribution is 5.86. The second-order valence-electron chi connectivity index (χ2n) is 6.40. The topological polar surface area (TPSA) is 49.6 Å². The SMILES string of the molecule is CCN(CCCN(C)C)C(=O)C1(N)CCCC(C)C1. The first-order valence-electron chi connectivity index (χ1n) is 7.62. The Kier molecular flexibility index (Phi) is 6.27. The van der Waals surface area contributed by atoms with E-state index < -0.39 is 5.54 Å². The van der Waals surface area contributed by atoms with Crippen LogP contribution < -0.4 is 5.73 Å². The minimum Gasteiger partial charge on any atom is -0.341 e. The molecule has 1 fully saturated rings. The monoisotopic (exact) mass is 269 g/mol. The van der Waals surface area contributed by atoms with E-state index in [1.165, 1.54) is 6.42 Å². The van der Waals surface area contributed by atoms with Gasteiger partial charge in [-0.05, 0) is 52.7 Å². The van der Waals surface area contributed by atoms with Crippen LogP contribution in [0.3, 0.4) is 0 Å². The largest absolute Gasteiger partial charge is 0.341 e. The van der Waals surface area contributed by atoms with Crippen molar-refractivity contribution in [3.63, 3.8) is 0 Å². The molecule has 1 aliphatic carbocycles. The van der Waals surface area contributed by atoms with Crippen molar-refractivity contribution in [3.8, 4) is 0 Å². The van der Waals surface area contributed by atoms with Crippen molar-refractivity contribution < 1.29 is 4.79 Å². The predicted molar refractivity (Wildman–Crippen MR) is 80.0 cm³/mol. The number of hydrogen-bond acceptors (Lipinski definition) is 3. The quantitative estimate of drug-likeness (QED) is 0.798. The summed E-state index contributed by atoms with van der Waals surface area (Å²) in [4.78, 5) is 16.8. The molecule has 0 saturated heterocycles. The van der Waals surface area contributed by atoms with Gasteiger partial charge in [0.15, 0.2) is 0 Å². The molecule has 0 aromatic rings. The number of nitrogens with two attached hydrogens (primary N) is 1. The summed E-state index contributed by atoms with van der Waals surface area (Å²) < 4.78 is 0. The third-order valence-corrected chi connectivity index (χ3v) is 4.16. The number of carbonyl (C=O) groups excluding carboxylic acids is 1. The molecule has 4 heteroatoms. The Bertz CT molecular complexity index is 293. The number of amides is 1. The Morgan fingerprint density at radius 1 is 1.37 bits per heavy atom. The van der Waals surface area contributed by atoms with E-state index in [0.717, 1.165) is 45.3 Å². The van der Waals surface area contributed by atoms with Gasteiger partial charge in [-0.2, -0.15) is 0 Å². The zero-order chi connectivity index (χ0) is 14.5. The summed E-state index contributed by atoms with van der Waals surface area (Å²) in [5.74, 6) is 0.739. The second kappa shape index (κ2) is 7.25. The second-order valence-corrected chi connectivity index (χ2v) is 6.40. The molecule has 2 N–H and O–H groups in total.